The van der Waals surface area contributed by atoms with Crippen molar-refractivity contribution in [3.8, 4) is 0 Å². The van der Waals surface area contributed by atoms with Crippen LogP contribution < -0.4 is 0 Å². The summed E-state index contributed by atoms with van der Waals surface area (Å²) in [5.41, 5.74) is 0.842. The van der Waals surface area contributed by atoms with Gasteiger partial charge in [0.1, 0.15) is 6.04 Å². The van der Waals surface area contributed by atoms with E-state index in [9.17, 15) is 14.7 Å². The van der Waals surface area contributed by atoms with Crippen LogP contribution in [-0.2, 0) is 16.0 Å². The van der Waals surface area contributed by atoms with Crippen LogP contribution in [0.1, 0.15) is 12.0 Å². The molecule has 5 heteroatoms. The van der Waals surface area contributed by atoms with Crippen LogP contribution in [0.15, 0.2) is 42.5 Å². The molecular formula is C17H17NO4. The monoisotopic (exact) mass is 299 g/mol. The number of fused-ring (bicyclic) bond motifs is 1. The highest BCUT2D eigenvalue weighted by molar-refractivity contribution is 5.88. The fraction of sp³-hybridized carbons (Fsp3) is 0.294. The molecule has 114 valence electrons. The van der Waals surface area contributed by atoms with Crippen LogP contribution in [0.5, 0.6) is 0 Å². The number of carboxylic acids is 1. The van der Waals surface area contributed by atoms with E-state index in [-0.39, 0.29) is 25.3 Å². The molecule has 2 aromatic rings. The summed E-state index contributed by atoms with van der Waals surface area (Å²) in [5.74, 6) is -1.33. The lowest BCUT2D eigenvalue weighted by Crippen LogP contribution is -2.41. The first kappa shape index (κ1) is 14.5. The Morgan fingerprint density at radius 2 is 1.86 bits per heavy atom. The molecule has 0 saturated carbocycles. The van der Waals surface area contributed by atoms with Gasteiger partial charge in [-0.2, -0.15) is 0 Å². The lowest BCUT2D eigenvalue weighted by molar-refractivity contribution is -0.148. The Morgan fingerprint density at radius 3 is 2.59 bits per heavy atom. The summed E-state index contributed by atoms with van der Waals surface area (Å²) in [5, 5.41) is 20.9. The number of amides is 1. The van der Waals surface area contributed by atoms with E-state index in [1.54, 1.807) is 0 Å². The summed E-state index contributed by atoms with van der Waals surface area (Å²) < 4.78 is 0. The molecule has 0 unspecified atom stereocenters. The van der Waals surface area contributed by atoms with Crippen molar-refractivity contribution in [2.75, 3.05) is 6.54 Å². The summed E-state index contributed by atoms with van der Waals surface area (Å²) in [4.78, 5) is 24.8. The molecule has 2 atom stereocenters. The first-order valence-electron chi connectivity index (χ1n) is 7.22. The molecule has 1 aliphatic rings. The summed E-state index contributed by atoms with van der Waals surface area (Å²) >= 11 is 0. The summed E-state index contributed by atoms with van der Waals surface area (Å²) in [6, 6.07) is 12.7. The maximum atomic E-state index is 12.4. The average molecular weight is 299 g/mol. The van der Waals surface area contributed by atoms with Crippen molar-refractivity contribution in [3.05, 3.63) is 48.0 Å². The Hall–Kier alpha value is -2.40. The standard InChI is InChI=1S/C17H17NO4/c19-14-9-15(17(21)22)18(10-14)16(20)8-11-5-6-12-3-1-2-4-13(12)7-11/h1-7,14-15,19H,8-10H2,(H,21,22)/t14-,15+/m1/s1. The molecule has 2 N–H and O–H groups in total. The summed E-state index contributed by atoms with van der Waals surface area (Å²) in [6.45, 7) is 0.0867. The van der Waals surface area contributed by atoms with Crippen LogP contribution in [0.2, 0.25) is 0 Å². The molecule has 1 fully saturated rings. The molecule has 0 aliphatic carbocycles. The van der Waals surface area contributed by atoms with Crippen molar-refractivity contribution in [1.29, 1.82) is 0 Å². The van der Waals surface area contributed by atoms with Gasteiger partial charge in [-0.25, -0.2) is 4.79 Å². The van der Waals surface area contributed by atoms with Gasteiger partial charge in [0.2, 0.25) is 5.91 Å². The maximum Gasteiger partial charge on any atom is 0.326 e. The van der Waals surface area contributed by atoms with E-state index in [0.717, 1.165) is 16.3 Å². The van der Waals surface area contributed by atoms with Gasteiger partial charge in [0, 0.05) is 13.0 Å². The number of carboxylic acid groups (broad SMARTS) is 1. The minimum absolute atomic E-state index is 0.0867. The maximum absolute atomic E-state index is 12.4. The second-order valence-electron chi connectivity index (χ2n) is 5.65. The average Bonchev–Trinajstić information content (AvgIpc) is 2.89. The number of aliphatic hydroxyl groups is 1. The second-order valence-corrected chi connectivity index (χ2v) is 5.65. The fourth-order valence-corrected chi connectivity index (χ4v) is 2.95. The van der Waals surface area contributed by atoms with Gasteiger partial charge < -0.3 is 15.1 Å². The van der Waals surface area contributed by atoms with Crippen LogP contribution >= 0.6 is 0 Å². The number of carbonyl (C=O) groups excluding carboxylic acids is 1. The number of aliphatic hydroxyl groups excluding tert-OH is 1. The zero-order valence-electron chi connectivity index (χ0n) is 12.0. The summed E-state index contributed by atoms with van der Waals surface area (Å²) in [7, 11) is 0. The minimum atomic E-state index is -1.07. The van der Waals surface area contributed by atoms with Crippen molar-refractivity contribution in [2.45, 2.75) is 25.0 Å². The van der Waals surface area contributed by atoms with Crippen LogP contribution in [0.4, 0.5) is 0 Å². The van der Waals surface area contributed by atoms with E-state index >= 15 is 0 Å². The van der Waals surface area contributed by atoms with Gasteiger partial charge in [-0.15, -0.1) is 0 Å². The quantitative estimate of drug-likeness (QED) is 0.898. The van der Waals surface area contributed by atoms with Crippen LogP contribution in [0.3, 0.4) is 0 Å². The third kappa shape index (κ3) is 2.80. The molecular weight excluding hydrogens is 282 g/mol. The zero-order chi connectivity index (χ0) is 15.7. The molecule has 0 aromatic heterocycles. The van der Waals surface area contributed by atoms with Gasteiger partial charge >= 0.3 is 5.97 Å². The number of hydrogen-bond donors (Lipinski definition) is 2. The molecule has 3 rings (SSSR count). The van der Waals surface area contributed by atoms with Crippen molar-refractivity contribution < 1.29 is 19.8 Å². The summed E-state index contributed by atoms with van der Waals surface area (Å²) in [6.07, 6.45) is -0.526. The van der Waals surface area contributed by atoms with E-state index in [4.69, 9.17) is 5.11 Å². The lowest BCUT2D eigenvalue weighted by Gasteiger charge is -2.21. The highest BCUT2D eigenvalue weighted by atomic mass is 16.4. The Balaban J connectivity index is 1.79. The highest BCUT2D eigenvalue weighted by Crippen LogP contribution is 2.21. The number of β-amino-alcohol motifs (C(OH)–C–C–N with tert-alkyl or cyclic N) is 1. The minimum Gasteiger partial charge on any atom is -0.480 e. The fourth-order valence-electron chi connectivity index (χ4n) is 2.95. The second kappa shape index (κ2) is 5.77. The Morgan fingerprint density at radius 1 is 1.14 bits per heavy atom. The van der Waals surface area contributed by atoms with Gasteiger partial charge in [-0.1, -0.05) is 42.5 Å². The smallest absolute Gasteiger partial charge is 0.326 e. The topological polar surface area (TPSA) is 77.8 Å². The number of likely N-dealkylation sites (tertiary alicyclic amines) is 1. The van der Waals surface area contributed by atoms with Crippen LogP contribution in [0, 0.1) is 0 Å². The van der Waals surface area contributed by atoms with Gasteiger partial charge in [0.05, 0.1) is 12.5 Å². The van der Waals surface area contributed by atoms with Crippen LogP contribution in [0.25, 0.3) is 10.8 Å². The molecule has 22 heavy (non-hydrogen) atoms. The zero-order valence-corrected chi connectivity index (χ0v) is 12.0. The van der Waals surface area contributed by atoms with E-state index in [1.165, 1.54) is 4.90 Å². The number of benzene rings is 2. The Bertz CT molecular complexity index is 727. The van der Waals surface area contributed by atoms with Crippen LogP contribution in [-0.4, -0.2) is 45.7 Å². The first-order chi connectivity index (χ1) is 10.5. The molecule has 2 aromatic carbocycles. The molecule has 1 heterocycles. The number of carbonyl (C=O) groups is 2. The highest BCUT2D eigenvalue weighted by Gasteiger charge is 2.38. The molecule has 0 bridgehead atoms. The van der Waals surface area contributed by atoms with Gasteiger partial charge in [-0.3, -0.25) is 4.79 Å². The van der Waals surface area contributed by atoms with Gasteiger partial charge in [-0.05, 0) is 16.3 Å². The Labute approximate surface area is 127 Å². The third-order valence-electron chi connectivity index (χ3n) is 4.05. The predicted molar refractivity (Wildman–Crippen MR) is 81.4 cm³/mol. The molecule has 1 saturated heterocycles. The van der Waals surface area contributed by atoms with Crippen molar-refractivity contribution in [1.82, 2.24) is 4.90 Å². The molecule has 1 aliphatic heterocycles. The molecule has 0 radical (unpaired) electrons. The van der Waals surface area contributed by atoms with E-state index in [2.05, 4.69) is 0 Å². The van der Waals surface area contributed by atoms with E-state index in [1.807, 2.05) is 42.5 Å². The van der Waals surface area contributed by atoms with E-state index < -0.39 is 18.1 Å². The largest absolute Gasteiger partial charge is 0.480 e. The molecule has 1 amide bonds. The number of hydrogen-bond acceptors (Lipinski definition) is 3. The lowest BCUT2D eigenvalue weighted by atomic mass is 10.0. The van der Waals surface area contributed by atoms with Crippen molar-refractivity contribution in [2.24, 2.45) is 0 Å². The normalized spacial score (nSPS) is 21.2. The number of aliphatic carboxylic acids is 1. The Kier molecular flexibility index (Phi) is 3.81. The van der Waals surface area contributed by atoms with E-state index in [0.29, 0.717) is 0 Å². The van der Waals surface area contributed by atoms with Crippen molar-refractivity contribution >= 4 is 22.6 Å². The van der Waals surface area contributed by atoms with Gasteiger partial charge in [0.15, 0.2) is 0 Å². The SMILES string of the molecule is O=C(O)[C@@H]1C[C@@H](O)CN1C(=O)Cc1ccc2ccccc2c1. The third-order valence-corrected chi connectivity index (χ3v) is 4.05. The molecule has 5 nitrogen and oxygen atoms in total. The van der Waals surface area contributed by atoms with Crippen molar-refractivity contribution in [3.63, 3.8) is 0 Å². The number of rotatable bonds is 3. The first-order valence-corrected chi connectivity index (χ1v) is 7.22. The molecule has 0 spiro atoms. The number of nitrogens with zero attached hydrogens (tertiary/aromatic N) is 1. The predicted octanol–water partition coefficient (Wildman–Crippen LogP) is 1.43. The van der Waals surface area contributed by atoms with Gasteiger partial charge in [0.25, 0.3) is 0 Å².